The molecule has 0 radical (unpaired) electrons. The van der Waals surface area contributed by atoms with Crippen LogP contribution < -0.4 is 9.80 Å². The molecule has 0 spiro atoms. The van der Waals surface area contributed by atoms with E-state index in [1.807, 2.05) is 42.5 Å². The predicted octanol–water partition coefficient (Wildman–Crippen LogP) is 4.27. The molecule has 2 amide bonds. The lowest BCUT2D eigenvalue weighted by molar-refractivity contribution is -0.120. The fraction of sp³-hybridized carbons (Fsp3) is 0.200. The van der Waals surface area contributed by atoms with Crippen LogP contribution in [-0.2, 0) is 9.59 Å². The Morgan fingerprint density at radius 2 is 1.52 bits per heavy atom. The second-order valence-corrected chi connectivity index (χ2v) is 6.63. The van der Waals surface area contributed by atoms with Crippen LogP contribution in [-0.4, -0.2) is 18.9 Å². The van der Waals surface area contributed by atoms with E-state index in [1.54, 1.807) is 24.1 Å². The number of benzene rings is 2. The van der Waals surface area contributed by atoms with Gasteiger partial charge in [0.15, 0.2) is 0 Å². The van der Waals surface area contributed by atoms with Crippen LogP contribution in [0, 0.1) is 0 Å². The Balaban J connectivity index is 1.94. The molecule has 0 atom stereocenters. The lowest BCUT2D eigenvalue weighted by atomic mass is 10.0. The Morgan fingerprint density at radius 1 is 0.920 bits per heavy atom. The molecule has 3 rings (SSSR count). The number of amides is 2. The van der Waals surface area contributed by atoms with Crippen molar-refractivity contribution < 1.29 is 9.59 Å². The normalized spacial score (nSPS) is 14.7. The topological polar surface area (TPSA) is 40.6 Å². The fourth-order valence-corrected chi connectivity index (χ4v) is 3.10. The quantitative estimate of drug-likeness (QED) is 0.770. The van der Waals surface area contributed by atoms with Crippen LogP contribution in [0.5, 0.6) is 0 Å². The molecule has 128 valence electrons. The van der Waals surface area contributed by atoms with Crippen LogP contribution in [0.3, 0.4) is 0 Å². The van der Waals surface area contributed by atoms with E-state index >= 15 is 0 Å². The lowest BCUT2D eigenvalue weighted by Crippen LogP contribution is -2.34. The second kappa shape index (κ2) is 6.73. The number of carbonyl (C=O) groups is 2. The lowest BCUT2D eigenvalue weighted by Gasteiger charge is -2.21. The first-order valence-electron chi connectivity index (χ1n) is 8.09. The smallest absolute Gasteiger partial charge is 0.283 e. The van der Waals surface area contributed by atoms with E-state index in [-0.39, 0.29) is 10.7 Å². The van der Waals surface area contributed by atoms with E-state index in [4.69, 9.17) is 11.6 Å². The summed E-state index contributed by atoms with van der Waals surface area (Å²) in [7, 11) is 1.73. The molecule has 0 unspecified atom stereocenters. The van der Waals surface area contributed by atoms with Crippen molar-refractivity contribution in [1.82, 2.24) is 0 Å². The van der Waals surface area contributed by atoms with Gasteiger partial charge in [0.05, 0.1) is 5.69 Å². The maximum atomic E-state index is 12.9. The molecule has 1 aliphatic heterocycles. The van der Waals surface area contributed by atoms with Crippen molar-refractivity contribution in [2.75, 3.05) is 16.8 Å². The number of nitrogens with zero attached hydrogens (tertiary/aromatic N) is 2. The highest BCUT2D eigenvalue weighted by Gasteiger charge is 2.40. The van der Waals surface area contributed by atoms with Crippen LogP contribution >= 0.6 is 11.6 Å². The Kier molecular flexibility index (Phi) is 4.64. The maximum Gasteiger partial charge on any atom is 0.283 e. The van der Waals surface area contributed by atoms with E-state index in [1.165, 1.54) is 0 Å². The second-order valence-electron chi connectivity index (χ2n) is 6.25. The van der Waals surface area contributed by atoms with Gasteiger partial charge in [-0.3, -0.25) is 9.59 Å². The third-order valence-corrected chi connectivity index (χ3v) is 4.64. The summed E-state index contributed by atoms with van der Waals surface area (Å²) in [4.78, 5) is 28.2. The van der Waals surface area contributed by atoms with Crippen molar-refractivity contribution in [2.24, 2.45) is 0 Å². The highest BCUT2D eigenvalue weighted by molar-refractivity contribution is 6.53. The zero-order valence-corrected chi connectivity index (χ0v) is 15.1. The molecule has 25 heavy (non-hydrogen) atoms. The summed E-state index contributed by atoms with van der Waals surface area (Å²) in [6.07, 6.45) is 0. The van der Waals surface area contributed by atoms with Crippen LogP contribution in [0.4, 0.5) is 11.4 Å². The number of para-hydroxylation sites is 1. The van der Waals surface area contributed by atoms with Gasteiger partial charge in [-0.1, -0.05) is 55.8 Å². The maximum absolute atomic E-state index is 12.9. The highest BCUT2D eigenvalue weighted by Crippen LogP contribution is 2.33. The number of hydrogen-bond donors (Lipinski definition) is 0. The van der Waals surface area contributed by atoms with Gasteiger partial charge in [-0.15, -0.1) is 0 Å². The van der Waals surface area contributed by atoms with Gasteiger partial charge >= 0.3 is 0 Å². The number of imide groups is 1. The molecule has 0 bridgehead atoms. The number of carbonyl (C=O) groups excluding carboxylic acids is 2. The fourth-order valence-electron chi connectivity index (χ4n) is 2.81. The minimum absolute atomic E-state index is 0.0655. The van der Waals surface area contributed by atoms with Gasteiger partial charge in [0, 0.05) is 12.7 Å². The zero-order chi connectivity index (χ0) is 18.1. The van der Waals surface area contributed by atoms with Crippen molar-refractivity contribution in [1.29, 1.82) is 0 Å². The van der Waals surface area contributed by atoms with Gasteiger partial charge in [0.2, 0.25) is 0 Å². The number of anilines is 2. The Hall–Kier alpha value is -2.59. The Morgan fingerprint density at radius 3 is 2.08 bits per heavy atom. The Bertz CT molecular complexity index is 842. The average Bonchev–Trinajstić information content (AvgIpc) is 2.84. The number of hydrogen-bond acceptors (Lipinski definition) is 3. The molecule has 0 N–H and O–H groups in total. The summed E-state index contributed by atoms with van der Waals surface area (Å²) >= 11 is 6.22. The summed E-state index contributed by atoms with van der Waals surface area (Å²) in [5, 5.41) is -0.0655. The molecule has 0 saturated carbocycles. The summed E-state index contributed by atoms with van der Waals surface area (Å²) in [5.74, 6) is -0.541. The van der Waals surface area contributed by atoms with E-state index in [2.05, 4.69) is 13.8 Å². The van der Waals surface area contributed by atoms with Gasteiger partial charge < -0.3 is 4.90 Å². The average molecular weight is 355 g/mol. The molecule has 1 heterocycles. The van der Waals surface area contributed by atoms with Crippen molar-refractivity contribution in [2.45, 2.75) is 19.8 Å². The largest absolute Gasteiger partial charge is 0.339 e. The number of likely N-dealkylation sites (N-methyl/N-ethyl adjacent to an activating group) is 1. The van der Waals surface area contributed by atoms with Crippen molar-refractivity contribution >= 4 is 34.8 Å². The summed E-state index contributed by atoms with van der Waals surface area (Å²) < 4.78 is 0. The minimum atomic E-state index is -0.498. The van der Waals surface area contributed by atoms with Gasteiger partial charge in [-0.25, -0.2) is 4.90 Å². The summed E-state index contributed by atoms with van der Waals surface area (Å²) in [5.41, 5.74) is 2.64. The van der Waals surface area contributed by atoms with E-state index in [0.29, 0.717) is 11.6 Å². The molecule has 1 aliphatic rings. The molecule has 0 saturated heterocycles. The van der Waals surface area contributed by atoms with Crippen molar-refractivity contribution in [3.63, 3.8) is 0 Å². The van der Waals surface area contributed by atoms with Crippen LogP contribution in [0.15, 0.2) is 65.3 Å². The summed E-state index contributed by atoms with van der Waals surface area (Å²) in [6.45, 7) is 4.18. The predicted molar refractivity (Wildman–Crippen MR) is 101 cm³/mol. The Labute approximate surface area is 152 Å². The molecule has 5 heteroatoms. The van der Waals surface area contributed by atoms with Crippen molar-refractivity contribution in [3.8, 4) is 0 Å². The molecule has 2 aromatic rings. The first-order chi connectivity index (χ1) is 11.9. The summed E-state index contributed by atoms with van der Waals surface area (Å²) in [6, 6.07) is 16.7. The molecule has 4 nitrogen and oxygen atoms in total. The SMILES string of the molecule is CC(C)c1ccc(N2C(=O)C(Cl)=C(N(C)c3ccccc3)C2=O)cc1. The van der Waals surface area contributed by atoms with Crippen molar-refractivity contribution in [3.05, 3.63) is 70.9 Å². The van der Waals surface area contributed by atoms with E-state index < -0.39 is 11.8 Å². The molecule has 0 aliphatic carbocycles. The monoisotopic (exact) mass is 354 g/mol. The van der Waals surface area contributed by atoms with Gasteiger partial charge in [-0.2, -0.15) is 0 Å². The first kappa shape index (κ1) is 17.2. The van der Waals surface area contributed by atoms with Gasteiger partial charge in [0.25, 0.3) is 11.8 Å². The third-order valence-electron chi connectivity index (χ3n) is 4.30. The van der Waals surface area contributed by atoms with Crippen LogP contribution in [0.1, 0.15) is 25.3 Å². The molecule has 2 aromatic carbocycles. The highest BCUT2D eigenvalue weighted by atomic mass is 35.5. The van der Waals surface area contributed by atoms with Gasteiger partial charge in [0.1, 0.15) is 10.7 Å². The molecular formula is C20H19ClN2O2. The standard InChI is InChI=1S/C20H19ClN2O2/c1-13(2)14-9-11-16(12-10-14)23-19(24)17(21)18(20(23)25)22(3)15-7-5-4-6-8-15/h4-13H,1-3H3. The molecule has 0 aromatic heterocycles. The molecule has 0 fully saturated rings. The first-order valence-corrected chi connectivity index (χ1v) is 8.47. The number of rotatable bonds is 4. The number of halogens is 1. The molecular weight excluding hydrogens is 336 g/mol. The minimum Gasteiger partial charge on any atom is -0.339 e. The van der Waals surface area contributed by atoms with E-state index in [9.17, 15) is 9.59 Å². The van der Waals surface area contributed by atoms with Crippen LogP contribution in [0.25, 0.3) is 0 Å². The van der Waals surface area contributed by atoms with Crippen LogP contribution in [0.2, 0.25) is 0 Å². The van der Waals surface area contributed by atoms with E-state index in [0.717, 1.165) is 16.2 Å². The third kappa shape index (κ3) is 3.05. The van der Waals surface area contributed by atoms with Gasteiger partial charge in [-0.05, 0) is 35.7 Å². The zero-order valence-electron chi connectivity index (χ0n) is 14.4.